The third kappa shape index (κ3) is 1.79. The molecule has 0 unspecified atom stereocenters. The van der Waals surface area contributed by atoms with Crippen molar-refractivity contribution in [3.8, 4) is 5.75 Å². The van der Waals surface area contributed by atoms with E-state index in [9.17, 15) is 18.0 Å². The standard InChI is InChI=1S/C7H3ClF3NO2/c8-6(14)3-4(9)2(13)1-12-5(3)7(10)11/h1,7,13H. The summed E-state index contributed by atoms with van der Waals surface area (Å²) < 4.78 is 37.3. The molecule has 0 aliphatic heterocycles. The molecule has 0 aliphatic rings. The molecule has 7 heteroatoms. The van der Waals surface area contributed by atoms with Gasteiger partial charge in [0.1, 0.15) is 11.3 Å². The second-order valence-electron chi connectivity index (χ2n) is 2.29. The zero-order valence-corrected chi connectivity index (χ0v) is 7.23. The van der Waals surface area contributed by atoms with E-state index >= 15 is 0 Å². The van der Waals surface area contributed by atoms with E-state index in [1.54, 1.807) is 0 Å². The first-order valence-electron chi connectivity index (χ1n) is 3.30. The van der Waals surface area contributed by atoms with Gasteiger partial charge >= 0.3 is 0 Å². The second kappa shape index (κ2) is 3.83. The molecule has 0 fully saturated rings. The zero-order chi connectivity index (χ0) is 10.9. The molecule has 1 aromatic rings. The van der Waals surface area contributed by atoms with Crippen molar-refractivity contribution in [1.82, 2.24) is 4.98 Å². The van der Waals surface area contributed by atoms with Gasteiger partial charge in [0.25, 0.3) is 11.7 Å². The van der Waals surface area contributed by atoms with Gasteiger partial charge in [-0.05, 0) is 11.6 Å². The van der Waals surface area contributed by atoms with Crippen LogP contribution < -0.4 is 0 Å². The van der Waals surface area contributed by atoms with Crippen molar-refractivity contribution in [3.63, 3.8) is 0 Å². The Morgan fingerprint density at radius 1 is 1.57 bits per heavy atom. The lowest BCUT2D eigenvalue weighted by Crippen LogP contribution is -2.05. The average molecular weight is 226 g/mol. The summed E-state index contributed by atoms with van der Waals surface area (Å²) in [5.41, 5.74) is -2.18. The summed E-state index contributed by atoms with van der Waals surface area (Å²) in [7, 11) is 0. The number of carbonyl (C=O) groups excluding carboxylic acids is 1. The molecule has 1 N–H and O–H groups in total. The van der Waals surface area contributed by atoms with E-state index in [0.717, 1.165) is 0 Å². The molecule has 0 spiro atoms. The van der Waals surface area contributed by atoms with Crippen LogP contribution in [0.2, 0.25) is 0 Å². The molecule has 0 saturated heterocycles. The lowest BCUT2D eigenvalue weighted by molar-refractivity contribution is 0.105. The van der Waals surface area contributed by atoms with Gasteiger partial charge in [-0.3, -0.25) is 9.78 Å². The topological polar surface area (TPSA) is 50.2 Å². The number of aromatic nitrogens is 1. The highest BCUT2D eigenvalue weighted by atomic mass is 35.5. The molecule has 1 heterocycles. The van der Waals surface area contributed by atoms with E-state index in [1.807, 2.05) is 0 Å². The average Bonchev–Trinajstić information content (AvgIpc) is 2.08. The molecule has 0 bridgehead atoms. The van der Waals surface area contributed by atoms with Gasteiger partial charge < -0.3 is 5.11 Å². The van der Waals surface area contributed by atoms with Crippen LogP contribution >= 0.6 is 11.6 Å². The molecular weight excluding hydrogens is 223 g/mol. The van der Waals surface area contributed by atoms with E-state index in [-0.39, 0.29) is 0 Å². The maximum absolute atomic E-state index is 12.9. The van der Waals surface area contributed by atoms with Crippen molar-refractivity contribution in [2.75, 3.05) is 0 Å². The number of carbonyl (C=O) groups is 1. The molecule has 0 atom stereocenters. The third-order valence-electron chi connectivity index (χ3n) is 1.43. The summed E-state index contributed by atoms with van der Waals surface area (Å²) in [6.07, 6.45) is -2.65. The summed E-state index contributed by atoms with van der Waals surface area (Å²) >= 11 is 4.87. The zero-order valence-electron chi connectivity index (χ0n) is 6.47. The van der Waals surface area contributed by atoms with Gasteiger partial charge in [0.2, 0.25) is 0 Å². The van der Waals surface area contributed by atoms with Gasteiger partial charge in [0.05, 0.1) is 6.20 Å². The van der Waals surface area contributed by atoms with E-state index in [2.05, 4.69) is 4.98 Å². The summed E-state index contributed by atoms with van der Waals surface area (Å²) in [6, 6.07) is 0. The summed E-state index contributed by atoms with van der Waals surface area (Å²) in [4.78, 5) is 13.6. The molecule has 0 saturated carbocycles. The minimum Gasteiger partial charge on any atom is -0.504 e. The summed E-state index contributed by atoms with van der Waals surface area (Å²) in [6.45, 7) is 0. The van der Waals surface area contributed by atoms with Crippen molar-refractivity contribution in [1.29, 1.82) is 0 Å². The van der Waals surface area contributed by atoms with Crippen LogP contribution in [-0.2, 0) is 0 Å². The lowest BCUT2D eigenvalue weighted by Gasteiger charge is -2.05. The smallest absolute Gasteiger partial charge is 0.281 e. The van der Waals surface area contributed by atoms with Crippen LogP contribution in [0.1, 0.15) is 22.5 Å². The fourth-order valence-corrected chi connectivity index (χ4v) is 1.02. The first-order valence-corrected chi connectivity index (χ1v) is 3.68. The predicted molar refractivity (Wildman–Crippen MR) is 41.0 cm³/mol. The molecule has 76 valence electrons. The number of alkyl halides is 2. The van der Waals surface area contributed by atoms with Crippen LogP contribution in [-0.4, -0.2) is 15.3 Å². The minimum absolute atomic E-state index is 0.486. The van der Waals surface area contributed by atoms with Crippen LogP contribution in [0.4, 0.5) is 13.2 Å². The lowest BCUT2D eigenvalue weighted by atomic mass is 10.2. The Labute approximate surface area is 81.1 Å². The fourth-order valence-electron chi connectivity index (χ4n) is 0.845. The second-order valence-corrected chi connectivity index (χ2v) is 2.64. The van der Waals surface area contributed by atoms with Gasteiger partial charge in [-0.25, -0.2) is 13.2 Å². The molecule has 0 radical (unpaired) electrons. The van der Waals surface area contributed by atoms with Gasteiger partial charge in [-0.2, -0.15) is 0 Å². The van der Waals surface area contributed by atoms with Crippen LogP contribution in [0, 0.1) is 5.82 Å². The highest BCUT2D eigenvalue weighted by Gasteiger charge is 2.25. The van der Waals surface area contributed by atoms with Crippen molar-refractivity contribution < 1.29 is 23.1 Å². The Kier molecular flexibility index (Phi) is 2.95. The normalized spacial score (nSPS) is 10.6. The summed E-state index contributed by atoms with van der Waals surface area (Å²) in [5, 5.41) is 7.33. The predicted octanol–water partition coefficient (Wildman–Crippen LogP) is 2.24. The van der Waals surface area contributed by atoms with Crippen molar-refractivity contribution in [3.05, 3.63) is 23.3 Å². The maximum atomic E-state index is 12.9. The van der Waals surface area contributed by atoms with Crippen LogP contribution in [0.25, 0.3) is 0 Å². The molecular formula is C7H3ClF3NO2. The van der Waals surface area contributed by atoms with Crippen LogP contribution in [0.5, 0.6) is 5.75 Å². The van der Waals surface area contributed by atoms with Crippen LogP contribution in [0.15, 0.2) is 6.20 Å². The Bertz CT molecular complexity index is 383. The van der Waals surface area contributed by atoms with Gasteiger partial charge in [-0.1, -0.05) is 0 Å². The highest BCUT2D eigenvalue weighted by Crippen LogP contribution is 2.28. The molecule has 0 aromatic carbocycles. The molecule has 0 amide bonds. The van der Waals surface area contributed by atoms with Gasteiger partial charge in [-0.15, -0.1) is 0 Å². The first kappa shape index (κ1) is 10.8. The highest BCUT2D eigenvalue weighted by molar-refractivity contribution is 6.68. The largest absolute Gasteiger partial charge is 0.504 e. The minimum atomic E-state index is -3.14. The van der Waals surface area contributed by atoms with Crippen molar-refractivity contribution >= 4 is 16.8 Å². The van der Waals surface area contributed by atoms with Crippen LogP contribution in [0.3, 0.4) is 0 Å². The monoisotopic (exact) mass is 225 g/mol. The van der Waals surface area contributed by atoms with E-state index in [0.29, 0.717) is 6.20 Å². The number of hydrogen-bond donors (Lipinski definition) is 1. The quantitative estimate of drug-likeness (QED) is 0.786. The number of nitrogens with zero attached hydrogens (tertiary/aromatic N) is 1. The molecule has 14 heavy (non-hydrogen) atoms. The molecule has 1 rings (SSSR count). The number of pyridine rings is 1. The van der Waals surface area contributed by atoms with Gasteiger partial charge in [0, 0.05) is 0 Å². The Morgan fingerprint density at radius 2 is 2.14 bits per heavy atom. The van der Waals surface area contributed by atoms with E-state index in [4.69, 9.17) is 16.7 Å². The SMILES string of the molecule is O=C(Cl)c1c(C(F)F)ncc(O)c1F. The number of rotatable bonds is 2. The Balaban J connectivity index is 3.45. The fraction of sp³-hybridized carbons (Fsp3) is 0.143. The molecule has 0 aliphatic carbocycles. The van der Waals surface area contributed by atoms with Crippen molar-refractivity contribution in [2.24, 2.45) is 0 Å². The Morgan fingerprint density at radius 3 is 2.57 bits per heavy atom. The van der Waals surface area contributed by atoms with E-state index in [1.165, 1.54) is 0 Å². The molecule has 3 nitrogen and oxygen atoms in total. The third-order valence-corrected chi connectivity index (χ3v) is 1.62. The van der Waals surface area contributed by atoms with E-state index < -0.39 is 34.5 Å². The molecule has 1 aromatic heterocycles. The maximum Gasteiger partial charge on any atom is 0.281 e. The Hall–Kier alpha value is -1.30. The first-order chi connectivity index (χ1) is 6.45. The number of hydrogen-bond acceptors (Lipinski definition) is 3. The number of aromatic hydroxyl groups is 1. The van der Waals surface area contributed by atoms with Crippen molar-refractivity contribution in [2.45, 2.75) is 6.43 Å². The number of halogens is 4. The summed E-state index contributed by atoms with van der Waals surface area (Å²) in [5.74, 6) is -2.49. The van der Waals surface area contributed by atoms with Gasteiger partial charge in [0.15, 0.2) is 11.6 Å².